The first-order valence-electron chi connectivity index (χ1n) is 7.00. The van der Waals surface area contributed by atoms with Crippen LogP contribution in [0.3, 0.4) is 0 Å². The van der Waals surface area contributed by atoms with Gasteiger partial charge in [0.05, 0.1) is 12.6 Å². The van der Waals surface area contributed by atoms with Crippen molar-refractivity contribution in [1.29, 1.82) is 0 Å². The highest BCUT2D eigenvalue weighted by molar-refractivity contribution is 5.81. The Bertz CT molecular complexity index is 249. The molecule has 1 N–H and O–H groups in total. The number of hydrogen-bond donors (Lipinski definition) is 1. The predicted molar refractivity (Wildman–Crippen MR) is 72.5 cm³/mol. The number of amides is 1. The van der Waals surface area contributed by atoms with Gasteiger partial charge in [0.25, 0.3) is 0 Å². The van der Waals surface area contributed by atoms with Crippen LogP contribution in [0.4, 0.5) is 0 Å². The number of carbonyl (C=O) groups excluding carboxylic acids is 1. The molecule has 0 bridgehead atoms. The zero-order valence-electron chi connectivity index (χ0n) is 11.9. The molecule has 0 radical (unpaired) electrons. The summed E-state index contributed by atoms with van der Waals surface area (Å²) in [5.41, 5.74) is 0. The van der Waals surface area contributed by atoms with Crippen molar-refractivity contribution in [3.05, 3.63) is 0 Å². The Kier molecular flexibility index (Phi) is 6.60. The van der Waals surface area contributed by atoms with Crippen LogP contribution in [0.1, 0.15) is 20.8 Å². The van der Waals surface area contributed by atoms with E-state index in [4.69, 9.17) is 5.11 Å². The fourth-order valence-electron chi connectivity index (χ4n) is 2.47. The third-order valence-electron chi connectivity index (χ3n) is 3.80. The molecule has 1 aliphatic rings. The molecule has 0 aromatic heterocycles. The monoisotopic (exact) mass is 257 g/mol. The van der Waals surface area contributed by atoms with E-state index >= 15 is 0 Å². The Labute approximate surface area is 110 Å². The predicted octanol–water partition coefficient (Wildman–Crippen LogP) is -0.147. The Balaban J connectivity index is 2.44. The summed E-state index contributed by atoms with van der Waals surface area (Å²) in [6.45, 7) is 12.3. The Hall–Kier alpha value is -0.650. The maximum atomic E-state index is 12.2. The first-order chi connectivity index (χ1) is 8.63. The number of nitrogens with zero attached hydrogens (tertiary/aromatic N) is 3. The SMILES string of the molecule is CCN(CC)C(=O)C(C)N1CCN(CCO)CC1. The van der Waals surface area contributed by atoms with Gasteiger partial charge in [-0.05, 0) is 20.8 Å². The van der Waals surface area contributed by atoms with Gasteiger partial charge in [-0.3, -0.25) is 14.6 Å². The van der Waals surface area contributed by atoms with Gasteiger partial charge in [-0.15, -0.1) is 0 Å². The van der Waals surface area contributed by atoms with Gasteiger partial charge < -0.3 is 10.0 Å². The highest BCUT2D eigenvalue weighted by atomic mass is 16.3. The first kappa shape index (κ1) is 15.4. The summed E-state index contributed by atoms with van der Waals surface area (Å²) in [5.74, 6) is 0.232. The second-order valence-electron chi connectivity index (χ2n) is 4.79. The van der Waals surface area contributed by atoms with Crippen molar-refractivity contribution < 1.29 is 9.90 Å². The molecule has 1 heterocycles. The summed E-state index contributed by atoms with van der Waals surface area (Å²) in [5, 5.41) is 8.90. The van der Waals surface area contributed by atoms with Crippen LogP contribution in [0, 0.1) is 0 Å². The van der Waals surface area contributed by atoms with Crippen molar-refractivity contribution in [2.24, 2.45) is 0 Å². The quantitative estimate of drug-likeness (QED) is 0.719. The highest BCUT2D eigenvalue weighted by Crippen LogP contribution is 2.08. The average molecular weight is 257 g/mol. The van der Waals surface area contributed by atoms with Crippen molar-refractivity contribution in [2.45, 2.75) is 26.8 Å². The lowest BCUT2D eigenvalue weighted by molar-refractivity contribution is -0.136. The molecule has 1 aliphatic heterocycles. The first-order valence-corrected chi connectivity index (χ1v) is 7.00. The summed E-state index contributed by atoms with van der Waals surface area (Å²) in [7, 11) is 0. The molecule has 1 unspecified atom stereocenters. The summed E-state index contributed by atoms with van der Waals surface area (Å²) in [4.78, 5) is 18.6. The van der Waals surface area contributed by atoms with Crippen LogP contribution in [0.25, 0.3) is 0 Å². The molecular formula is C13H27N3O2. The van der Waals surface area contributed by atoms with Crippen LogP contribution in [0.5, 0.6) is 0 Å². The van der Waals surface area contributed by atoms with Gasteiger partial charge in [0.1, 0.15) is 0 Å². The van der Waals surface area contributed by atoms with Gasteiger partial charge >= 0.3 is 0 Å². The molecule has 1 amide bonds. The summed E-state index contributed by atoms with van der Waals surface area (Å²) < 4.78 is 0. The topological polar surface area (TPSA) is 47.0 Å². The molecule has 0 aromatic rings. The van der Waals surface area contributed by atoms with Crippen molar-refractivity contribution in [2.75, 3.05) is 52.4 Å². The van der Waals surface area contributed by atoms with Crippen LogP contribution in [0.15, 0.2) is 0 Å². The van der Waals surface area contributed by atoms with Crippen molar-refractivity contribution in [3.8, 4) is 0 Å². The van der Waals surface area contributed by atoms with Crippen LogP contribution < -0.4 is 0 Å². The lowest BCUT2D eigenvalue weighted by Crippen LogP contribution is -2.54. The van der Waals surface area contributed by atoms with Crippen LogP contribution in [-0.2, 0) is 4.79 Å². The lowest BCUT2D eigenvalue weighted by Gasteiger charge is -2.38. The van der Waals surface area contributed by atoms with Crippen LogP contribution in [0.2, 0.25) is 0 Å². The summed E-state index contributed by atoms with van der Waals surface area (Å²) >= 11 is 0. The molecule has 1 atom stereocenters. The van der Waals surface area contributed by atoms with E-state index in [-0.39, 0.29) is 18.6 Å². The molecular weight excluding hydrogens is 230 g/mol. The number of hydrogen-bond acceptors (Lipinski definition) is 4. The average Bonchev–Trinajstić information content (AvgIpc) is 2.40. The molecule has 0 spiro atoms. The van der Waals surface area contributed by atoms with E-state index in [2.05, 4.69) is 9.80 Å². The second-order valence-corrected chi connectivity index (χ2v) is 4.79. The fraction of sp³-hybridized carbons (Fsp3) is 0.923. The maximum Gasteiger partial charge on any atom is 0.239 e. The minimum absolute atomic E-state index is 0.0267. The van der Waals surface area contributed by atoms with E-state index in [1.807, 2.05) is 25.7 Å². The van der Waals surface area contributed by atoms with E-state index in [1.54, 1.807) is 0 Å². The van der Waals surface area contributed by atoms with Crippen LogP contribution >= 0.6 is 0 Å². The van der Waals surface area contributed by atoms with Gasteiger partial charge in [0, 0.05) is 45.8 Å². The Morgan fingerprint density at radius 3 is 2.22 bits per heavy atom. The van der Waals surface area contributed by atoms with Gasteiger partial charge in [-0.25, -0.2) is 0 Å². The van der Waals surface area contributed by atoms with Gasteiger partial charge in [-0.2, -0.15) is 0 Å². The van der Waals surface area contributed by atoms with Gasteiger partial charge in [-0.1, -0.05) is 0 Å². The van der Waals surface area contributed by atoms with Gasteiger partial charge in [0.15, 0.2) is 0 Å². The summed E-state index contributed by atoms with van der Waals surface area (Å²) in [6.07, 6.45) is 0. The largest absolute Gasteiger partial charge is 0.395 e. The molecule has 5 heteroatoms. The van der Waals surface area contributed by atoms with E-state index < -0.39 is 0 Å². The number of β-amino-alcohol motifs (C(OH)–C–C–N with tert-alkyl or cyclic N) is 1. The second kappa shape index (κ2) is 7.71. The lowest BCUT2D eigenvalue weighted by atomic mass is 10.2. The molecule has 1 saturated heterocycles. The van der Waals surface area contributed by atoms with E-state index in [0.717, 1.165) is 45.8 Å². The molecule has 18 heavy (non-hydrogen) atoms. The molecule has 5 nitrogen and oxygen atoms in total. The minimum atomic E-state index is -0.0267. The maximum absolute atomic E-state index is 12.2. The van der Waals surface area contributed by atoms with E-state index in [0.29, 0.717) is 0 Å². The van der Waals surface area contributed by atoms with Crippen molar-refractivity contribution >= 4 is 5.91 Å². The molecule has 0 aromatic carbocycles. The number of aliphatic hydroxyl groups excluding tert-OH is 1. The number of rotatable bonds is 6. The minimum Gasteiger partial charge on any atom is -0.395 e. The fourth-order valence-corrected chi connectivity index (χ4v) is 2.47. The molecule has 1 rings (SSSR count). The number of aliphatic hydroxyl groups is 1. The Morgan fingerprint density at radius 1 is 1.22 bits per heavy atom. The zero-order chi connectivity index (χ0) is 13.5. The van der Waals surface area contributed by atoms with E-state index in [1.165, 1.54) is 0 Å². The Morgan fingerprint density at radius 2 is 1.78 bits per heavy atom. The molecule has 1 fully saturated rings. The standard InChI is InChI=1S/C13H27N3O2/c1-4-15(5-2)13(18)12(3)16-8-6-14(7-9-16)10-11-17/h12,17H,4-11H2,1-3H3. The van der Waals surface area contributed by atoms with Gasteiger partial charge in [0.2, 0.25) is 5.91 Å². The normalized spacial score (nSPS) is 19.8. The van der Waals surface area contributed by atoms with Crippen molar-refractivity contribution in [3.63, 3.8) is 0 Å². The highest BCUT2D eigenvalue weighted by Gasteiger charge is 2.27. The van der Waals surface area contributed by atoms with Crippen molar-refractivity contribution in [1.82, 2.24) is 14.7 Å². The number of likely N-dealkylation sites (N-methyl/N-ethyl adjacent to an activating group) is 1. The summed E-state index contributed by atoms with van der Waals surface area (Å²) in [6, 6.07) is -0.0267. The third-order valence-corrected chi connectivity index (χ3v) is 3.80. The number of piperazine rings is 1. The zero-order valence-corrected chi connectivity index (χ0v) is 11.9. The molecule has 106 valence electrons. The van der Waals surface area contributed by atoms with Crippen LogP contribution in [-0.4, -0.2) is 84.2 Å². The molecule has 0 saturated carbocycles. The smallest absolute Gasteiger partial charge is 0.239 e. The number of carbonyl (C=O) groups is 1. The molecule has 0 aliphatic carbocycles. The third kappa shape index (κ3) is 3.93. The van der Waals surface area contributed by atoms with E-state index in [9.17, 15) is 4.79 Å².